The van der Waals surface area contributed by atoms with Crippen molar-refractivity contribution in [2.75, 3.05) is 17.7 Å². The second-order valence-electron chi connectivity index (χ2n) is 10.0. The fourth-order valence-electron chi connectivity index (χ4n) is 4.43. The summed E-state index contributed by atoms with van der Waals surface area (Å²) in [6.07, 6.45) is 1.58. The van der Waals surface area contributed by atoms with Crippen LogP contribution in [-0.2, 0) is 9.59 Å². The lowest BCUT2D eigenvalue weighted by molar-refractivity contribution is -0.116. The van der Waals surface area contributed by atoms with Crippen molar-refractivity contribution in [2.45, 2.75) is 10.1 Å². The maximum absolute atomic E-state index is 13.5. The number of methoxy groups -OCH3 is 1. The van der Waals surface area contributed by atoms with Gasteiger partial charge in [0.15, 0.2) is 0 Å². The van der Waals surface area contributed by atoms with Gasteiger partial charge in [0.1, 0.15) is 22.5 Å². The van der Waals surface area contributed by atoms with Crippen LogP contribution in [-0.4, -0.2) is 24.8 Å². The Morgan fingerprint density at radius 2 is 1.37 bits per heavy atom. The number of rotatable bonds is 11. The van der Waals surface area contributed by atoms with E-state index in [0.29, 0.717) is 28.3 Å². The van der Waals surface area contributed by atoms with E-state index in [1.54, 1.807) is 92.0 Å². The smallest absolute Gasteiger partial charge is 0.272 e. The highest BCUT2D eigenvalue weighted by Crippen LogP contribution is 2.36. The molecule has 1 atom stereocenters. The monoisotopic (exact) mass is 631 g/mol. The van der Waals surface area contributed by atoms with E-state index >= 15 is 0 Å². The van der Waals surface area contributed by atoms with Gasteiger partial charge in [0, 0.05) is 21.8 Å². The van der Waals surface area contributed by atoms with Crippen molar-refractivity contribution >= 4 is 46.9 Å². The number of halogens is 1. The second kappa shape index (κ2) is 15.4. The fourth-order valence-corrected chi connectivity index (χ4v) is 5.46. The molecule has 5 aromatic rings. The largest absolute Gasteiger partial charge is 0.497 e. The van der Waals surface area contributed by atoms with E-state index in [4.69, 9.17) is 4.74 Å². The quantitative estimate of drug-likeness (QED) is 0.103. The molecule has 0 aliphatic carbocycles. The molecule has 3 N–H and O–H groups in total. The number of anilines is 2. The minimum Gasteiger partial charge on any atom is -0.497 e. The van der Waals surface area contributed by atoms with Gasteiger partial charge in [-0.05, 0) is 90.0 Å². The van der Waals surface area contributed by atoms with E-state index in [0.717, 1.165) is 10.5 Å². The van der Waals surface area contributed by atoms with Crippen molar-refractivity contribution in [1.29, 1.82) is 0 Å². The van der Waals surface area contributed by atoms with Crippen LogP contribution in [0.25, 0.3) is 6.08 Å². The Hall–Kier alpha value is -5.67. The zero-order chi connectivity index (χ0) is 32.3. The standard InChI is InChI=1S/C37H30FN3O4S/c1-45-31-14-8-9-25(23-31)24-33(41-35(42)27-12-6-3-7-13-27)36(43)39-30-19-21-32(22-20-30)46-34(26-10-4-2-5-11-26)37(44)40-29-17-15-28(38)16-18-29/h2-24,34H,1H3,(H,39,43)(H,40,44)(H,41,42)/b33-24-. The molecule has 46 heavy (non-hydrogen) atoms. The van der Waals surface area contributed by atoms with E-state index in [-0.39, 0.29) is 17.4 Å². The van der Waals surface area contributed by atoms with E-state index in [2.05, 4.69) is 16.0 Å². The molecule has 0 aliphatic heterocycles. The molecule has 0 saturated carbocycles. The lowest BCUT2D eigenvalue weighted by atomic mass is 10.1. The predicted octanol–water partition coefficient (Wildman–Crippen LogP) is 7.72. The summed E-state index contributed by atoms with van der Waals surface area (Å²) < 4.78 is 18.7. The number of benzene rings is 5. The fraction of sp³-hybridized carbons (Fsp3) is 0.0541. The van der Waals surface area contributed by atoms with Crippen LogP contribution in [0.4, 0.5) is 15.8 Å². The summed E-state index contributed by atoms with van der Waals surface area (Å²) in [4.78, 5) is 40.6. The lowest BCUT2D eigenvalue weighted by Crippen LogP contribution is -2.30. The number of nitrogens with one attached hydrogen (secondary N) is 3. The first-order chi connectivity index (χ1) is 22.4. The van der Waals surface area contributed by atoms with Crippen molar-refractivity contribution in [3.8, 4) is 5.75 Å². The van der Waals surface area contributed by atoms with Crippen LogP contribution >= 0.6 is 11.8 Å². The number of hydrogen-bond donors (Lipinski definition) is 3. The van der Waals surface area contributed by atoms with E-state index in [1.807, 2.05) is 30.3 Å². The number of amides is 3. The molecule has 5 rings (SSSR count). The van der Waals surface area contributed by atoms with Gasteiger partial charge in [0.05, 0.1) is 7.11 Å². The van der Waals surface area contributed by atoms with Crippen molar-refractivity contribution in [3.05, 3.63) is 162 Å². The summed E-state index contributed by atoms with van der Waals surface area (Å²) in [6, 6.07) is 37.7. The second-order valence-corrected chi connectivity index (χ2v) is 11.2. The molecule has 0 heterocycles. The molecule has 0 radical (unpaired) electrons. The third-order valence-electron chi connectivity index (χ3n) is 6.75. The molecule has 0 saturated heterocycles. The first-order valence-corrected chi connectivity index (χ1v) is 15.2. The summed E-state index contributed by atoms with van der Waals surface area (Å²) in [6.45, 7) is 0. The average molecular weight is 632 g/mol. The molecule has 0 aromatic heterocycles. The van der Waals surface area contributed by atoms with E-state index in [1.165, 1.54) is 36.0 Å². The molecule has 9 heteroatoms. The third-order valence-corrected chi connectivity index (χ3v) is 8.02. The van der Waals surface area contributed by atoms with Gasteiger partial charge in [0.25, 0.3) is 11.8 Å². The Kier molecular flexibility index (Phi) is 10.6. The zero-order valence-electron chi connectivity index (χ0n) is 24.8. The molecule has 0 fully saturated rings. The molecule has 7 nitrogen and oxygen atoms in total. The van der Waals surface area contributed by atoms with Gasteiger partial charge in [-0.3, -0.25) is 14.4 Å². The molecular formula is C37H30FN3O4S. The summed E-state index contributed by atoms with van der Waals surface area (Å²) in [5.74, 6) is -0.991. The minimum absolute atomic E-state index is 0.0437. The zero-order valence-corrected chi connectivity index (χ0v) is 25.6. The molecule has 0 bridgehead atoms. The van der Waals surface area contributed by atoms with Crippen LogP contribution in [0.15, 0.2) is 144 Å². The van der Waals surface area contributed by atoms with Crippen LogP contribution in [0.2, 0.25) is 0 Å². The Morgan fingerprint density at radius 1 is 0.739 bits per heavy atom. The number of ether oxygens (including phenoxy) is 1. The van der Waals surface area contributed by atoms with Crippen LogP contribution in [0.3, 0.4) is 0 Å². The summed E-state index contributed by atoms with van der Waals surface area (Å²) in [5, 5.41) is 7.84. The number of carbonyl (C=O) groups excluding carboxylic acids is 3. The molecule has 0 aliphatic rings. The number of carbonyl (C=O) groups is 3. The van der Waals surface area contributed by atoms with Gasteiger partial charge in [-0.15, -0.1) is 11.8 Å². The van der Waals surface area contributed by atoms with Gasteiger partial charge in [-0.25, -0.2) is 4.39 Å². The SMILES string of the molecule is COc1cccc(/C=C(\NC(=O)c2ccccc2)C(=O)Nc2ccc(SC(C(=O)Nc3ccc(F)cc3)c3ccccc3)cc2)c1. The van der Waals surface area contributed by atoms with Crippen LogP contribution < -0.4 is 20.7 Å². The normalized spacial score (nSPS) is 11.7. The lowest BCUT2D eigenvalue weighted by Gasteiger charge is -2.17. The Bertz CT molecular complexity index is 1830. The van der Waals surface area contributed by atoms with Gasteiger partial charge >= 0.3 is 0 Å². The highest BCUT2D eigenvalue weighted by molar-refractivity contribution is 8.00. The highest BCUT2D eigenvalue weighted by Gasteiger charge is 2.22. The van der Waals surface area contributed by atoms with Crippen LogP contribution in [0.5, 0.6) is 5.75 Å². The van der Waals surface area contributed by atoms with Crippen molar-refractivity contribution in [3.63, 3.8) is 0 Å². The Morgan fingerprint density at radius 3 is 2.04 bits per heavy atom. The molecule has 5 aromatic carbocycles. The summed E-state index contributed by atoms with van der Waals surface area (Å²) in [7, 11) is 1.55. The van der Waals surface area contributed by atoms with Crippen molar-refractivity contribution in [1.82, 2.24) is 5.32 Å². The van der Waals surface area contributed by atoms with Crippen LogP contribution in [0, 0.1) is 5.82 Å². The Labute approximate surface area is 270 Å². The molecular weight excluding hydrogens is 601 g/mol. The number of thioether (sulfide) groups is 1. The van der Waals surface area contributed by atoms with Crippen molar-refractivity contribution in [2.24, 2.45) is 0 Å². The van der Waals surface area contributed by atoms with E-state index < -0.39 is 17.1 Å². The van der Waals surface area contributed by atoms with Gasteiger partial charge in [0.2, 0.25) is 5.91 Å². The maximum atomic E-state index is 13.5. The van der Waals surface area contributed by atoms with Gasteiger partial charge in [-0.1, -0.05) is 60.7 Å². The number of hydrogen-bond acceptors (Lipinski definition) is 5. The topological polar surface area (TPSA) is 96.5 Å². The Balaban J connectivity index is 1.33. The predicted molar refractivity (Wildman–Crippen MR) is 180 cm³/mol. The first-order valence-electron chi connectivity index (χ1n) is 14.3. The molecule has 230 valence electrons. The van der Waals surface area contributed by atoms with E-state index in [9.17, 15) is 18.8 Å². The van der Waals surface area contributed by atoms with Gasteiger partial charge in [-0.2, -0.15) is 0 Å². The third kappa shape index (κ3) is 8.71. The summed E-state index contributed by atoms with van der Waals surface area (Å²) in [5.41, 5.74) is 2.89. The van der Waals surface area contributed by atoms with Gasteiger partial charge < -0.3 is 20.7 Å². The average Bonchev–Trinajstić information content (AvgIpc) is 3.09. The molecule has 1 unspecified atom stereocenters. The first kappa shape index (κ1) is 31.7. The molecule has 0 spiro atoms. The van der Waals surface area contributed by atoms with Crippen molar-refractivity contribution < 1.29 is 23.5 Å². The summed E-state index contributed by atoms with van der Waals surface area (Å²) >= 11 is 1.34. The highest BCUT2D eigenvalue weighted by atomic mass is 32.2. The maximum Gasteiger partial charge on any atom is 0.272 e. The molecule has 3 amide bonds. The minimum atomic E-state index is -0.600. The van der Waals surface area contributed by atoms with Crippen LogP contribution in [0.1, 0.15) is 26.7 Å².